The number of benzene rings is 2. The van der Waals surface area contributed by atoms with E-state index >= 15 is 0 Å². The van der Waals surface area contributed by atoms with Gasteiger partial charge in [-0.3, -0.25) is 19.2 Å². The highest BCUT2D eigenvalue weighted by molar-refractivity contribution is 7.92. The van der Waals surface area contributed by atoms with Crippen LogP contribution in [-0.2, 0) is 34.4 Å². The van der Waals surface area contributed by atoms with Crippen molar-refractivity contribution in [1.29, 1.82) is 0 Å². The van der Waals surface area contributed by atoms with Gasteiger partial charge in [0.2, 0.25) is 17.6 Å². The summed E-state index contributed by atoms with van der Waals surface area (Å²) >= 11 is 12.2. The number of carbonyl (C=O) groups excluding carboxylic acids is 4. The number of ketones is 1. The minimum absolute atomic E-state index is 0.0149. The fourth-order valence-corrected chi connectivity index (χ4v) is 8.03. The number of likely N-dealkylation sites (tertiary alicyclic amines) is 1. The summed E-state index contributed by atoms with van der Waals surface area (Å²) in [6.45, 7) is -0.259. The van der Waals surface area contributed by atoms with Crippen molar-refractivity contribution < 1.29 is 40.8 Å². The highest BCUT2D eigenvalue weighted by Crippen LogP contribution is 2.51. The second-order valence-electron chi connectivity index (χ2n) is 11.3. The molecule has 1 aliphatic carbocycles. The summed E-state index contributed by atoms with van der Waals surface area (Å²) in [7, 11) is -4.05. The topological polar surface area (TPSA) is 130 Å². The van der Waals surface area contributed by atoms with E-state index in [4.69, 9.17) is 23.2 Å². The molecule has 2 aliphatic rings. The van der Waals surface area contributed by atoms with Gasteiger partial charge in [-0.2, -0.15) is 13.2 Å². The van der Waals surface area contributed by atoms with E-state index in [0.29, 0.717) is 29.8 Å². The highest BCUT2D eigenvalue weighted by Gasteiger charge is 2.56. The maximum Gasteiger partial charge on any atom is 0.405 e. The number of alkyl halides is 3. The molecule has 0 spiro atoms. The van der Waals surface area contributed by atoms with E-state index in [9.17, 15) is 40.8 Å². The van der Waals surface area contributed by atoms with Crippen molar-refractivity contribution in [2.24, 2.45) is 0 Å². The Morgan fingerprint density at radius 3 is 2.27 bits per heavy atom. The zero-order valence-corrected chi connectivity index (χ0v) is 26.5. The number of rotatable bonds is 12. The van der Waals surface area contributed by atoms with Gasteiger partial charge >= 0.3 is 6.18 Å². The normalized spacial score (nSPS) is 19.9. The lowest BCUT2D eigenvalue weighted by Gasteiger charge is -2.29. The first-order valence-electron chi connectivity index (χ1n) is 14.3. The predicted octanol–water partition coefficient (Wildman–Crippen LogP) is 4.39. The molecule has 4 rings (SSSR count). The maximum atomic E-state index is 14.1. The molecular weight excluding hydrogens is 658 g/mol. The molecule has 2 fully saturated rings. The molecule has 1 heterocycles. The predicted molar refractivity (Wildman–Crippen MR) is 160 cm³/mol. The quantitative estimate of drug-likeness (QED) is 0.318. The number of amides is 3. The molecule has 3 amide bonds. The van der Waals surface area contributed by atoms with Gasteiger partial charge in [0.05, 0.1) is 26.6 Å². The van der Waals surface area contributed by atoms with E-state index in [0.717, 1.165) is 0 Å². The van der Waals surface area contributed by atoms with Crippen LogP contribution in [0.15, 0.2) is 53.4 Å². The number of sulfone groups is 1. The van der Waals surface area contributed by atoms with Crippen LogP contribution in [0.3, 0.4) is 0 Å². The van der Waals surface area contributed by atoms with Crippen LogP contribution in [0.2, 0.25) is 10.0 Å². The van der Waals surface area contributed by atoms with E-state index in [1.165, 1.54) is 28.4 Å². The number of nitrogens with one attached hydrogen (secondary N) is 2. The molecule has 1 saturated carbocycles. The molecule has 244 valence electrons. The molecule has 3 atom stereocenters. The number of halogens is 5. The molecule has 9 nitrogen and oxygen atoms in total. The smallest absolute Gasteiger partial charge is 0.346 e. The van der Waals surface area contributed by atoms with Crippen LogP contribution in [0.4, 0.5) is 13.2 Å². The molecule has 2 aromatic rings. The number of carbonyl (C=O) groups is 4. The van der Waals surface area contributed by atoms with Gasteiger partial charge in [-0.05, 0) is 55.5 Å². The van der Waals surface area contributed by atoms with Crippen LogP contribution in [0.25, 0.3) is 0 Å². The highest BCUT2D eigenvalue weighted by atomic mass is 35.5. The number of hydrogen-bond donors (Lipinski definition) is 2. The largest absolute Gasteiger partial charge is 0.405 e. The maximum absolute atomic E-state index is 14.1. The third-order valence-electron chi connectivity index (χ3n) is 8.10. The molecule has 0 aromatic heterocycles. The van der Waals surface area contributed by atoms with Gasteiger partial charge in [-0.25, -0.2) is 8.42 Å². The van der Waals surface area contributed by atoms with E-state index < -0.39 is 69.3 Å². The van der Waals surface area contributed by atoms with Gasteiger partial charge < -0.3 is 15.5 Å². The zero-order chi connectivity index (χ0) is 33.2. The molecule has 15 heteroatoms. The van der Waals surface area contributed by atoms with Crippen LogP contribution in [-0.4, -0.2) is 73.4 Å². The van der Waals surface area contributed by atoms with Gasteiger partial charge in [-0.15, -0.1) is 0 Å². The molecule has 45 heavy (non-hydrogen) atoms. The Balaban J connectivity index is 1.57. The zero-order valence-electron chi connectivity index (χ0n) is 24.2. The summed E-state index contributed by atoms with van der Waals surface area (Å²) in [5.41, 5.74) is -0.212. The molecular formula is C30H32Cl2F3N3O6S. The monoisotopic (exact) mass is 689 g/mol. The van der Waals surface area contributed by atoms with Gasteiger partial charge in [-0.1, -0.05) is 60.8 Å². The van der Waals surface area contributed by atoms with Crippen molar-refractivity contribution in [3.63, 3.8) is 0 Å². The van der Waals surface area contributed by atoms with E-state index in [1.54, 1.807) is 37.3 Å². The Morgan fingerprint density at radius 1 is 1.04 bits per heavy atom. The van der Waals surface area contributed by atoms with Crippen LogP contribution in [0, 0.1) is 0 Å². The van der Waals surface area contributed by atoms with Gasteiger partial charge in [0.1, 0.15) is 6.54 Å². The van der Waals surface area contributed by atoms with Crippen molar-refractivity contribution in [2.75, 3.05) is 13.1 Å². The van der Waals surface area contributed by atoms with Crippen molar-refractivity contribution in [1.82, 2.24) is 15.5 Å². The van der Waals surface area contributed by atoms with Crippen LogP contribution < -0.4 is 10.6 Å². The lowest BCUT2D eigenvalue weighted by molar-refractivity contribution is -0.147. The third-order valence-corrected chi connectivity index (χ3v) is 11.0. The second kappa shape index (κ2) is 13.7. The SMILES string of the molecule is CCC[C@H](NC(=O)C[C@@H]1C[C@@H](S(=O)(=O)c2ccccc2Cl)CN1C(=O)C1(c2ccc(Cl)cc2)CC1)C(=O)C(=O)NCC(F)(F)F. The van der Waals surface area contributed by atoms with Crippen molar-refractivity contribution >= 4 is 56.5 Å². The average Bonchev–Trinajstić information content (AvgIpc) is 3.68. The van der Waals surface area contributed by atoms with Crippen molar-refractivity contribution in [2.45, 2.75) is 79.3 Å². The average molecular weight is 691 g/mol. The Morgan fingerprint density at radius 2 is 1.69 bits per heavy atom. The van der Waals surface area contributed by atoms with Gasteiger partial charge in [0, 0.05) is 24.0 Å². The first-order chi connectivity index (χ1) is 21.1. The summed E-state index contributed by atoms with van der Waals surface area (Å²) in [5, 5.41) is 3.32. The second-order valence-corrected chi connectivity index (χ2v) is 14.3. The van der Waals surface area contributed by atoms with Gasteiger partial charge in [0.25, 0.3) is 5.91 Å². The molecule has 0 bridgehead atoms. The molecule has 1 aliphatic heterocycles. The lowest BCUT2D eigenvalue weighted by Crippen LogP contribution is -2.50. The molecule has 1 saturated heterocycles. The first-order valence-corrected chi connectivity index (χ1v) is 16.6. The van der Waals surface area contributed by atoms with Gasteiger partial charge in [0.15, 0.2) is 9.84 Å². The number of hydrogen-bond acceptors (Lipinski definition) is 6. The molecule has 0 unspecified atom stereocenters. The van der Waals surface area contributed by atoms with Crippen molar-refractivity contribution in [3.05, 3.63) is 64.1 Å². The lowest BCUT2D eigenvalue weighted by atomic mass is 9.93. The van der Waals surface area contributed by atoms with E-state index in [2.05, 4.69) is 5.32 Å². The molecule has 0 radical (unpaired) electrons. The fraction of sp³-hybridized carbons (Fsp3) is 0.467. The van der Waals surface area contributed by atoms with Crippen molar-refractivity contribution in [3.8, 4) is 0 Å². The third kappa shape index (κ3) is 7.98. The summed E-state index contributed by atoms with van der Waals surface area (Å²) in [6, 6.07) is 10.4. The Bertz CT molecular complexity index is 1570. The number of nitrogens with zero attached hydrogens (tertiary/aromatic N) is 1. The summed E-state index contributed by atoms with van der Waals surface area (Å²) < 4.78 is 65.0. The number of Topliss-reactive ketones (excluding diaryl/α,β-unsaturated/α-hetero) is 1. The Kier molecular flexibility index (Phi) is 10.6. The first kappa shape index (κ1) is 34.7. The van der Waals surface area contributed by atoms with Crippen LogP contribution >= 0.6 is 23.2 Å². The minimum Gasteiger partial charge on any atom is -0.346 e. The molecule has 2 aromatic carbocycles. The Hall–Kier alpha value is -3.16. The summed E-state index contributed by atoms with van der Waals surface area (Å²) in [4.78, 5) is 53.4. The minimum atomic E-state index is -4.73. The molecule has 2 N–H and O–H groups in total. The summed E-state index contributed by atoms with van der Waals surface area (Å²) in [5.74, 6) is -3.85. The van der Waals surface area contributed by atoms with E-state index in [-0.39, 0.29) is 35.2 Å². The van der Waals surface area contributed by atoms with Crippen LogP contribution in [0.5, 0.6) is 0 Å². The fourth-order valence-electron chi connectivity index (χ4n) is 5.64. The van der Waals surface area contributed by atoms with E-state index in [1.807, 2.05) is 0 Å². The standard InChI is InChI=1S/C30H32Cl2F3N3O6S/c1-2-5-23(26(40)27(41)36-17-30(33,34)35)37-25(39)15-20-14-21(45(43,44)24-7-4-3-6-22(24)32)16-38(20)28(42)29(12-13-29)18-8-10-19(31)11-9-18/h3-4,6-11,20-21,23H,2,5,12-17H2,1H3,(H,36,41)(H,37,39)/t20-,21+,23-/m0/s1. The van der Waals surface area contributed by atoms with Crippen LogP contribution in [0.1, 0.15) is 51.0 Å². The summed E-state index contributed by atoms with van der Waals surface area (Å²) in [6.07, 6.45) is -3.95. The Labute approximate surface area is 268 Å².